The molecule has 0 aromatic heterocycles. The van der Waals surface area contributed by atoms with E-state index in [4.69, 9.17) is 4.74 Å². The first-order valence-corrected chi connectivity index (χ1v) is 9.78. The highest BCUT2D eigenvalue weighted by molar-refractivity contribution is 5.73. The summed E-state index contributed by atoms with van der Waals surface area (Å²) in [5.74, 6) is 0.962. The second-order valence-corrected chi connectivity index (χ2v) is 8.77. The van der Waals surface area contributed by atoms with Gasteiger partial charge in [-0.15, -0.1) is 0 Å². The summed E-state index contributed by atoms with van der Waals surface area (Å²) in [5.41, 5.74) is 1.47. The molecule has 1 aliphatic carbocycles. The molecule has 2 aliphatic rings. The Labute approximate surface area is 152 Å². The second kappa shape index (κ2) is 7.11. The standard InChI is InChI=1S/C22H33NO2/c1-17(24)23(20-12-15-25-21(2,3)16-20)14-13-22(4,19-10-11-19)18-8-6-5-7-9-18/h5-9,19-20H,10-16H2,1-4H3/t20-,22-/m0/s1. The zero-order chi connectivity index (χ0) is 18.1. The Morgan fingerprint density at radius 1 is 1.24 bits per heavy atom. The maximum Gasteiger partial charge on any atom is 0.219 e. The van der Waals surface area contributed by atoms with Gasteiger partial charge in [-0.1, -0.05) is 37.3 Å². The lowest BCUT2D eigenvalue weighted by Crippen LogP contribution is -2.49. The van der Waals surface area contributed by atoms with Gasteiger partial charge in [0.05, 0.1) is 5.60 Å². The van der Waals surface area contributed by atoms with E-state index in [9.17, 15) is 4.79 Å². The van der Waals surface area contributed by atoms with Crippen LogP contribution in [0.2, 0.25) is 0 Å². The molecule has 0 radical (unpaired) electrons. The first kappa shape index (κ1) is 18.4. The van der Waals surface area contributed by atoms with Crippen LogP contribution in [0.4, 0.5) is 0 Å². The molecular formula is C22H33NO2. The van der Waals surface area contributed by atoms with Gasteiger partial charge in [-0.3, -0.25) is 4.79 Å². The summed E-state index contributed by atoms with van der Waals surface area (Å²) in [6.45, 7) is 9.98. The molecule has 1 amide bonds. The summed E-state index contributed by atoms with van der Waals surface area (Å²) in [5, 5.41) is 0. The largest absolute Gasteiger partial charge is 0.375 e. The maximum atomic E-state index is 12.4. The molecule has 1 aliphatic heterocycles. The van der Waals surface area contributed by atoms with Gasteiger partial charge in [-0.2, -0.15) is 0 Å². The van der Waals surface area contributed by atoms with Crippen LogP contribution in [0.3, 0.4) is 0 Å². The summed E-state index contributed by atoms with van der Waals surface area (Å²) in [6, 6.07) is 11.2. The van der Waals surface area contributed by atoms with E-state index in [1.54, 1.807) is 6.92 Å². The molecule has 1 heterocycles. The van der Waals surface area contributed by atoms with Gasteiger partial charge in [0.1, 0.15) is 0 Å². The van der Waals surface area contributed by atoms with E-state index >= 15 is 0 Å². The van der Waals surface area contributed by atoms with Crippen molar-refractivity contribution in [1.82, 2.24) is 4.90 Å². The zero-order valence-corrected chi connectivity index (χ0v) is 16.3. The molecule has 2 atom stereocenters. The number of rotatable bonds is 6. The smallest absolute Gasteiger partial charge is 0.219 e. The summed E-state index contributed by atoms with van der Waals surface area (Å²) in [6.07, 6.45) is 5.55. The minimum absolute atomic E-state index is 0.129. The predicted octanol–water partition coefficient (Wildman–Crippen LogP) is 4.55. The van der Waals surface area contributed by atoms with E-state index in [-0.39, 0.29) is 16.9 Å². The normalized spacial score (nSPS) is 25.2. The molecule has 0 spiro atoms. The van der Waals surface area contributed by atoms with Gasteiger partial charge in [0.25, 0.3) is 0 Å². The van der Waals surface area contributed by atoms with Crippen LogP contribution in [-0.2, 0) is 14.9 Å². The average molecular weight is 344 g/mol. The minimum Gasteiger partial charge on any atom is -0.375 e. The third-order valence-electron chi connectivity index (χ3n) is 6.30. The number of carbonyl (C=O) groups excluding carboxylic acids is 1. The first-order valence-electron chi connectivity index (χ1n) is 9.78. The van der Waals surface area contributed by atoms with Crippen LogP contribution in [0.5, 0.6) is 0 Å². The molecule has 3 heteroatoms. The fourth-order valence-corrected chi connectivity index (χ4v) is 4.54. The highest BCUT2D eigenvalue weighted by atomic mass is 16.5. The van der Waals surface area contributed by atoms with Gasteiger partial charge in [0, 0.05) is 26.1 Å². The lowest BCUT2D eigenvalue weighted by molar-refractivity contribution is -0.138. The van der Waals surface area contributed by atoms with Crippen molar-refractivity contribution < 1.29 is 9.53 Å². The fraction of sp³-hybridized carbons (Fsp3) is 0.682. The van der Waals surface area contributed by atoms with E-state index in [2.05, 4.69) is 56.0 Å². The Bertz CT molecular complexity index is 593. The lowest BCUT2D eigenvalue weighted by atomic mass is 9.75. The number of hydrogen-bond acceptors (Lipinski definition) is 2. The topological polar surface area (TPSA) is 29.5 Å². The van der Waals surface area contributed by atoms with E-state index in [0.717, 1.165) is 38.3 Å². The van der Waals surface area contributed by atoms with Crippen LogP contribution >= 0.6 is 0 Å². The summed E-state index contributed by atoms with van der Waals surface area (Å²) < 4.78 is 5.85. The number of ether oxygens (including phenoxy) is 1. The van der Waals surface area contributed by atoms with E-state index in [1.165, 1.54) is 18.4 Å². The fourth-order valence-electron chi connectivity index (χ4n) is 4.54. The quantitative estimate of drug-likeness (QED) is 0.758. The second-order valence-electron chi connectivity index (χ2n) is 8.77. The first-order chi connectivity index (χ1) is 11.8. The van der Waals surface area contributed by atoms with Crippen molar-refractivity contribution in [3.8, 4) is 0 Å². The highest BCUT2D eigenvalue weighted by Gasteiger charge is 2.43. The molecule has 2 fully saturated rings. The number of benzene rings is 1. The Kier molecular flexibility index (Phi) is 5.24. The van der Waals surface area contributed by atoms with Crippen molar-refractivity contribution >= 4 is 5.91 Å². The zero-order valence-electron chi connectivity index (χ0n) is 16.3. The number of nitrogens with zero attached hydrogens (tertiary/aromatic N) is 1. The van der Waals surface area contributed by atoms with Gasteiger partial charge in [0.2, 0.25) is 5.91 Å². The van der Waals surface area contributed by atoms with Crippen LogP contribution < -0.4 is 0 Å². The molecule has 138 valence electrons. The maximum absolute atomic E-state index is 12.4. The Hall–Kier alpha value is -1.35. The van der Waals surface area contributed by atoms with Crippen LogP contribution in [0.25, 0.3) is 0 Å². The van der Waals surface area contributed by atoms with E-state index in [1.807, 2.05) is 0 Å². The third-order valence-corrected chi connectivity index (χ3v) is 6.30. The SMILES string of the molecule is CC(=O)N(CC[C@@](C)(c1ccccc1)C1CC1)[C@H]1CCOC(C)(C)C1. The van der Waals surface area contributed by atoms with Crippen LogP contribution in [0.15, 0.2) is 30.3 Å². The Balaban J connectivity index is 1.73. The molecule has 0 unspecified atom stereocenters. The van der Waals surface area contributed by atoms with Crippen molar-refractivity contribution in [2.45, 2.75) is 76.9 Å². The van der Waals surface area contributed by atoms with Crippen molar-refractivity contribution in [3.63, 3.8) is 0 Å². The van der Waals surface area contributed by atoms with Gasteiger partial charge in [-0.05, 0) is 62.8 Å². The monoisotopic (exact) mass is 343 g/mol. The van der Waals surface area contributed by atoms with Gasteiger partial charge in [-0.25, -0.2) is 0 Å². The molecule has 1 aromatic carbocycles. The van der Waals surface area contributed by atoms with Gasteiger partial charge >= 0.3 is 0 Å². The molecule has 3 nitrogen and oxygen atoms in total. The molecule has 1 saturated carbocycles. The average Bonchev–Trinajstić information content (AvgIpc) is 3.40. The Morgan fingerprint density at radius 2 is 1.92 bits per heavy atom. The van der Waals surface area contributed by atoms with Crippen LogP contribution in [0.1, 0.15) is 65.4 Å². The van der Waals surface area contributed by atoms with Crippen LogP contribution in [-0.4, -0.2) is 35.6 Å². The molecule has 1 aromatic rings. The molecular weight excluding hydrogens is 310 g/mol. The van der Waals surface area contributed by atoms with E-state index in [0.29, 0.717) is 6.04 Å². The molecule has 0 bridgehead atoms. The van der Waals surface area contributed by atoms with Crippen molar-refractivity contribution in [2.75, 3.05) is 13.2 Å². The van der Waals surface area contributed by atoms with Crippen molar-refractivity contribution in [3.05, 3.63) is 35.9 Å². The summed E-state index contributed by atoms with van der Waals surface area (Å²) in [4.78, 5) is 14.5. The van der Waals surface area contributed by atoms with Crippen LogP contribution in [0, 0.1) is 5.92 Å². The summed E-state index contributed by atoms with van der Waals surface area (Å²) in [7, 11) is 0. The molecule has 0 N–H and O–H groups in total. The Morgan fingerprint density at radius 3 is 2.48 bits per heavy atom. The molecule has 25 heavy (non-hydrogen) atoms. The number of carbonyl (C=O) groups is 1. The van der Waals surface area contributed by atoms with Gasteiger partial charge < -0.3 is 9.64 Å². The number of hydrogen-bond donors (Lipinski definition) is 0. The number of amides is 1. The third kappa shape index (κ3) is 4.25. The van der Waals surface area contributed by atoms with Crippen molar-refractivity contribution in [1.29, 1.82) is 0 Å². The minimum atomic E-state index is -0.129. The predicted molar refractivity (Wildman–Crippen MR) is 102 cm³/mol. The van der Waals surface area contributed by atoms with Crippen molar-refractivity contribution in [2.24, 2.45) is 5.92 Å². The van der Waals surface area contributed by atoms with Gasteiger partial charge in [0.15, 0.2) is 0 Å². The lowest BCUT2D eigenvalue weighted by Gasteiger charge is -2.42. The molecule has 1 saturated heterocycles. The molecule has 3 rings (SSSR count). The highest BCUT2D eigenvalue weighted by Crippen LogP contribution is 2.49. The van der Waals surface area contributed by atoms with E-state index < -0.39 is 0 Å². The summed E-state index contributed by atoms with van der Waals surface area (Å²) >= 11 is 0.